The third-order valence-corrected chi connectivity index (χ3v) is 4.56. The highest BCUT2D eigenvalue weighted by molar-refractivity contribution is 5.94. The van der Waals surface area contributed by atoms with Gasteiger partial charge in [0.2, 0.25) is 0 Å². The van der Waals surface area contributed by atoms with Crippen LogP contribution in [0.1, 0.15) is 35.0 Å². The number of carbonyl (C=O) groups excluding carboxylic acids is 1. The lowest BCUT2D eigenvalue weighted by Gasteiger charge is -2.35. The molecule has 2 rings (SSSR count). The number of amides is 1. The van der Waals surface area contributed by atoms with Crippen LogP contribution in [0.5, 0.6) is 0 Å². The van der Waals surface area contributed by atoms with Crippen LogP contribution in [0.4, 0.5) is 0 Å². The predicted octanol–water partition coefficient (Wildman–Crippen LogP) is 0.0714. The lowest BCUT2D eigenvalue weighted by Crippen LogP contribution is -2.48. The molecular formula is C16H24N2O4. The number of nitrogens with zero attached hydrogens (tertiary/aromatic N) is 2. The molecule has 1 aliphatic rings. The molecule has 0 saturated carbocycles. The van der Waals surface area contributed by atoms with Crippen LogP contribution in [0, 0.1) is 12.8 Å². The average molecular weight is 308 g/mol. The maximum Gasteiger partial charge on any atom is 0.263 e. The van der Waals surface area contributed by atoms with Crippen molar-refractivity contribution in [2.45, 2.75) is 32.8 Å². The second kappa shape index (κ2) is 6.62. The number of aliphatic hydroxyl groups is 2. The second-order valence-corrected chi connectivity index (χ2v) is 5.96. The molecule has 0 bridgehead atoms. The number of aromatic nitrogens is 1. The van der Waals surface area contributed by atoms with Crippen LogP contribution < -0.4 is 5.56 Å². The first-order chi connectivity index (χ1) is 10.4. The van der Waals surface area contributed by atoms with Gasteiger partial charge in [0, 0.05) is 38.4 Å². The van der Waals surface area contributed by atoms with Gasteiger partial charge in [-0.25, -0.2) is 0 Å². The maximum atomic E-state index is 12.6. The molecule has 1 aromatic heterocycles. The SMILES string of the molecule is CCc1c(C)cc(C(=O)N2CC[C@@H](CO)[C@H](O)C2)c(=O)n1C. The van der Waals surface area contributed by atoms with Gasteiger partial charge in [0.1, 0.15) is 5.56 Å². The summed E-state index contributed by atoms with van der Waals surface area (Å²) >= 11 is 0. The fourth-order valence-electron chi connectivity index (χ4n) is 3.15. The molecule has 6 heteroatoms. The average Bonchev–Trinajstić information content (AvgIpc) is 2.50. The minimum atomic E-state index is -0.748. The summed E-state index contributed by atoms with van der Waals surface area (Å²) in [5.41, 5.74) is 1.68. The Hall–Kier alpha value is -1.66. The number of aryl methyl sites for hydroxylation is 1. The number of rotatable bonds is 3. The Morgan fingerprint density at radius 1 is 1.45 bits per heavy atom. The van der Waals surface area contributed by atoms with E-state index in [0.717, 1.165) is 17.7 Å². The van der Waals surface area contributed by atoms with E-state index in [1.807, 2.05) is 13.8 Å². The summed E-state index contributed by atoms with van der Waals surface area (Å²) in [6, 6.07) is 1.65. The molecule has 0 aliphatic carbocycles. The highest BCUT2D eigenvalue weighted by Gasteiger charge is 2.31. The monoisotopic (exact) mass is 308 g/mol. The van der Waals surface area contributed by atoms with Crippen LogP contribution in [0.25, 0.3) is 0 Å². The van der Waals surface area contributed by atoms with Crippen molar-refractivity contribution < 1.29 is 15.0 Å². The van der Waals surface area contributed by atoms with Crippen molar-refractivity contribution in [1.82, 2.24) is 9.47 Å². The highest BCUT2D eigenvalue weighted by atomic mass is 16.3. The molecule has 22 heavy (non-hydrogen) atoms. The predicted molar refractivity (Wildman–Crippen MR) is 82.9 cm³/mol. The molecule has 0 radical (unpaired) electrons. The number of pyridine rings is 1. The van der Waals surface area contributed by atoms with Crippen LogP contribution in [-0.2, 0) is 13.5 Å². The van der Waals surface area contributed by atoms with Gasteiger partial charge in [0.15, 0.2) is 0 Å². The standard InChI is InChI=1S/C16H24N2O4/c1-4-13-10(2)7-12(15(21)17(13)3)16(22)18-6-5-11(9-19)14(20)8-18/h7,11,14,19-20H,4-6,8-9H2,1-3H3/t11-,14+/m0/s1. The fraction of sp³-hybridized carbons (Fsp3) is 0.625. The molecule has 1 aromatic rings. The van der Waals surface area contributed by atoms with Gasteiger partial charge < -0.3 is 19.7 Å². The van der Waals surface area contributed by atoms with E-state index in [9.17, 15) is 14.7 Å². The normalized spacial score (nSPS) is 22.0. The highest BCUT2D eigenvalue weighted by Crippen LogP contribution is 2.19. The minimum Gasteiger partial charge on any atom is -0.396 e. The summed E-state index contributed by atoms with van der Waals surface area (Å²) in [6.45, 7) is 4.37. The number of carbonyl (C=O) groups is 1. The van der Waals surface area contributed by atoms with Gasteiger partial charge in [-0.1, -0.05) is 6.92 Å². The quantitative estimate of drug-likeness (QED) is 0.828. The van der Waals surface area contributed by atoms with Crippen molar-refractivity contribution in [3.63, 3.8) is 0 Å². The van der Waals surface area contributed by atoms with Crippen LogP contribution >= 0.6 is 0 Å². The fourth-order valence-corrected chi connectivity index (χ4v) is 3.15. The number of β-amino-alcohol motifs (C(OH)–C–C–N with tert-alkyl or cyclic N) is 1. The van der Waals surface area contributed by atoms with Gasteiger partial charge in [-0.05, 0) is 31.4 Å². The number of hydrogen-bond donors (Lipinski definition) is 2. The van der Waals surface area contributed by atoms with E-state index in [0.29, 0.717) is 13.0 Å². The Morgan fingerprint density at radius 2 is 2.14 bits per heavy atom. The molecule has 1 fully saturated rings. The van der Waals surface area contributed by atoms with Gasteiger partial charge in [-0.2, -0.15) is 0 Å². The molecule has 1 aliphatic heterocycles. The van der Waals surface area contributed by atoms with Crippen molar-refractivity contribution in [2.75, 3.05) is 19.7 Å². The third-order valence-electron chi connectivity index (χ3n) is 4.56. The van der Waals surface area contributed by atoms with Gasteiger partial charge in [-0.15, -0.1) is 0 Å². The minimum absolute atomic E-state index is 0.0880. The van der Waals surface area contributed by atoms with Crippen LogP contribution in [0.15, 0.2) is 10.9 Å². The summed E-state index contributed by atoms with van der Waals surface area (Å²) in [4.78, 5) is 26.5. The number of hydrogen-bond acceptors (Lipinski definition) is 4. The van der Waals surface area contributed by atoms with Crippen LogP contribution in [0.3, 0.4) is 0 Å². The molecule has 2 N–H and O–H groups in total. The van der Waals surface area contributed by atoms with Crippen LogP contribution in [0.2, 0.25) is 0 Å². The van der Waals surface area contributed by atoms with Gasteiger partial charge in [0.05, 0.1) is 6.10 Å². The smallest absolute Gasteiger partial charge is 0.263 e. The molecule has 0 unspecified atom stereocenters. The van der Waals surface area contributed by atoms with E-state index in [1.165, 1.54) is 9.47 Å². The zero-order valence-electron chi connectivity index (χ0n) is 13.4. The Balaban J connectivity index is 2.30. The van der Waals surface area contributed by atoms with E-state index < -0.39 is 6.10 Å². The Bertz CT molecular complexity index is 623. The molecular weight excluding hydrogens is 284 g/mol. The molecule has 2 heterocycles. The molecule has 0 spiro atoms. The van der Waals surface area contributed by atoms with Crippen molar-refractivity contribution in [2.24, 2.45) is 13.0 Å². The van der Waals surface area contributed by atoms with E-state index in [4.69, 9.17) is 5.11 Å². The molecule has 1 saturated heterocycles. The van der Waals surface area contributed by atoms with E-state index in [1.54, 1.807) is 13.1 Å². The molecule has 2 atom stereocenters. The van der Waals surface area contributed by atoms with E-state index >= 15 is 0 Å². The molecule has 6 nitrogen and oxygen atoms in total. The summed E-state index contributed by atoms with van der Waals surface area (Å²) < 4.78 is 1.53. The Labute approximate surface area is 130 Å². The topological polar surface area (TPSA) is 82.8 Å². The second-order valence-electron chi connectivity index (χ2n) is 5.96. The van der Waals surface area contributed by atoms with Crippen LogP contribution in [-0.4, -0.2) is 51.4 Å². The van der Waals surface area contributed by atoms with Gasteiger partial charge >= 0.3 is 0 Å². The maximum absolute atomic E-state index is 12.6. The van der Waals surface area contributed by atoms with Gasteiger partial charge in [-0.3, -0.25) is 9.59 Å². The van der Waals surface area contributed by atoms with E-state index in [2.05, 4.69) is 0 Å². The van der Waals surface area contributed by atoms with Gasteiger partial charge in [0.25, 0.3) is 11.5 Å². The number of likely N-dealkylation sites (tertiary alicyclic amines) is 1. The third kappa shape index (κ3) is 2.94. The van der Waals surface area contributed by atoms with Crippen molar-refractivity contribution in [1.29, 1.82) is 0 Å². The summed E-state index contributed by atoms with van der Waals surface area (Å²) in [5.74, 6) is -0.544. The Kier molecular flexibility index (Phi) is 5.03. The van der Waals surface area contributed by atoms with Crippen molar-refractivity contribution >= 4 is 5.91 Å². The van der Waals surface area contributed by atoms with E-state index in [-0.39, 0.29) is 36.1 Å². The summed E-state index contributed by atoms with van der Waals surface area (Å²) in [7, 11) is 1.68. The first-order valence-corrected chi connectivity index (χ1v) is 7.68. The summed E-state index contributed by atoms with van der Waals surface area (Å²) in [5, 5.41) is 19.1. The lowest BCUT2D eigenvalue weighted by molar-refractivity contribution is 0.000783. The zero-order valence-corrected chi connectivity index (χ0v) is 13.4. The van der Waals surface area contributed by atoms with Crippen molar-refractivity contribution in [3.8, 4) is 0 Å². The molecule has 0 aromatic carbocycles. The van der Waals surface area contributed by atoms with Crippen molar-refractivity contribution in [3.05, 3.63) is 33.2 Å². The lowest BCUT2D eigenvalue weighted by atomic mass is 9.94. The largest absolute Gasteiger partial charge is 0.396 e. The Morgan fingerprint density at radius 3 is 2.68 bits per heavy atom. The molecule has 1 amide bonds. The first-order valence-electron chi connectivity index (χ1n) is 7.68. The molecule has 122 valence electrons. The zero-order chi connectivity index (χ0) is 16.4. The summed E-state index contributed by atoms with van der Waals surface area (Å²) in [6.07, 6.45) is 0.519. The number of piperidine rings is 1. The number of aliphatic hydroxyl groups excluding tert-OH is 2. The first kappa shape index (κ1) is 16.7.